The largest absolute Gasteiger partial charge is 0.213 e. The fraction of sp³-hybridized carbons (Fsp3) is 0.485. The van der Waals surface area contributed by atoms with Crippen LogP contribution in [0.25, 0.3) is 44.8 Å². The summed E-state index contributed by atoms with van der Waals surface area (Å²) in [6.07, 6.45) is 4.34. The predicted molar refractivity (Wildman–Crippen MR) is 296 cm³/mol. The zero-order valence-corrected chi connectivity index (χ0v) is 46.2. The smallest absolute Gasteiger partial charge is 0.201 e. The number of aryl methyl sites for hydroxylation is 4. The first kappa shape index (κ1) is 51.0. The number of hydrogen-bond donors (Lipinski definition) is 0. The van der Waals surface area contributed by atoms with Crippen molar-refractivity contribution >= 4 is 0 Å². The van der Waals surface area contributed by atoms with E-state index in [4.69, 9.17) is 0 Å². The van der Waals surface area contributed by atoms with Crippen molar-refractivity contribution in [2.45, 2.75) is 148 Å². The fourth-order valence-electron chi connectivity index (χ4n) is 11.9. The van der Waals surface area contributed by atoms with Gasteiger partial charge in [0.2, 0.25) is 11.4 Å². The van der Waals surface area contributed by atoms with E-state index in [0.717, 1.165) is 27.9 Å². The summed E-state index contributed by atoms with van der Waals surface area (Å²) in [4.78, 5) is 0. The fourth-order valence-corrected chi connectivity index (χ4v) is 11.9. The summed E-state index contributed by atoms with van der Waals surface area (Å²) in [7, 11) is 4.24. The van der Waals surface area contributed by atoms with E-state index in [9.17, 15) is 2.74 Å². The van der Waals surface area contributed by atoms with Crippen LogP contribution in [0.4, 0.5) is 0 Å². The SMILES string of the molecule is Cc1ccccc1-c1cc(-c2cc(C(C(C)C)C(C)C)cc(C(C(C)C)C(C)C)c2)cc[n+]1C.[2H]C(c1cc(-c2cc[n+](C)c(-c3ccccc3C)c2)cc(C([2H])(C(C)C)C(C)C)c1)(C(C)C)C(C)C. The Morgan fingerprint density at radius 1 is 0.338 bits per heavy atom. The van der Waals surface area contributed by atoms with Crippen LogP contribution in [-0.4, -0.2) is 0 Å². The molecular weight excluding hydrogens is 821 g/mol. The van der Waals surface area contributed by atoms with Crippen molar-refractivity contribution in [3.05, 3.63) is 155 Å². The molecule has 0 bridgehead atoms. The number of nitrogens with zero attached hydrogens (tertiary/aromatic N) is 2. The highest BCUT2D eigenvalue weighted by atomic mass is 14.9. The molecule has 0 N–H and O–H groups in total. The van der Waals surface area contributed by atoms with Crippen LogP contribution in [0, 0.1) is 61.2 Å². The van der Waals surface area contributed by atoms with E-state index in [-0.39, 0.29) is 23.7 Å². The lowest BCUT2D eigenvalue weighted by Gasteiger charge is -2.30. The highest BCUT2D eigenvalue weighted by Gasteiger charge is 2.28. The molecule has 0 aliphatic carbocycles. The third kappa shape index (κ3) is 12.9. The summed E-state index contributed by atoms with van der Waals surface area (Å²) >= 11 is 0. The maximum atomic E-state index is 9.62. The maximum absolute atomic E-state index is 9.62. The van der Waals surface area contributed by atoms with Crippen molar-refractivity contribution in [3.63, 3.8) is 0 Å². The van der Waals surface area contributed by atoms with Crippen LogP contribution in [0.3, 0.4) is 0 Å². The minimum absolute atomic E-state index is 0.148. The molecule has 2 nitrogen and oxygen atoms in total. The molecule has 364 valence electrons. The summed E-state index contributed by atoms with van der Waals surface area (Å²) in [5.41, 5.74) is 17.4. The summed E-state index contributed by atoms with van der Waals surface area (Å²) in [6.45, 7) is 40.5. The molecule has 0 spiro atoms. The van der Waals surface area contributed by atoms with E-state index in [1.807, 2.05) is 0 Å². The Hall–Kier alpha value is -4.82. The van der Waals surface area contributed by atoms with Crippen LogP contribution in [0.5, 0.6) is 0 Å². The van der Waals surface area contributed by atoms with Gasteiger partial charge in [-0.05, 0) is 153 Å². The van der Waals surface area contributed by atoms with Crippen LogP contribution in [-0.2, 0) is 14.1 Å². The molecule has 0 atom stereocenters. The van der Waals surface area contributed by atoms with E-state index >= 15 is 0 Å². The molecule has 2 heterocycles. The van der Waals surface area contributed by atoms with E-state index in [1.165, 1.54) is 50.2 Å². The number of aromatic nitrogens is 2. The Morgan fingerprint density at radius 2 is 0.632 bits per heavy atom. The van der Waals surface area contributed by atoms with Gasteiger partial charge in [0.15, 0.2) is 12.4 Å². The minimum atomic E-state index is -0.738. The van der Waals surface area contributed by atoms with E-state index in [0.29, 0.717) is 35.5 Å². The molecule has 0 fully saturated rings. The third-order valence-electron chi connectivity index (χ3n) is 14.5. The molecule has 0 amide bonds. The lowest BCUT2D eigenvalue weighted by molar-refractivity contribution is -0.660. The van der Waals surface area contributed by atoms with Crippen molar-refractivity contribution in [1.82, 2.24) is 0 Å². The number of rotatable bonds is 16. The van der Waals surface area contributed by atoms with Crippen molar-refractivity contribution in [1.29, 1.82) is 0 Å². The lowest BCUT2D eigenvalue weighted by Crippen LogP contribution is -2.30. The van der Waals surface area contributed by atoms with Gasteiger partial charge in [0.25, 0.3) is 0 Å². The first-order chi connectivity index (χ1) is 32.7. The number of pyridine rings is 2. The molecule has 0 aliphatic rings. The van der Waals surface area contributed by atoms with Gasteiger partial charge >= 0.3 is 0 Å². The second kappa shape index (κ2) is 23.7. The monoisotopic (exact) mass is 915 g/mol. The van der Waals surface area contributed by atoms with Gasteiger partial charge in [-0.3, -0.25) is 0 Å². The van der Waals surface area contributed by atoms with Gasteiger partial charge < -0.3 is 0 Å². The molecule has 6 aromatic rings. The Balaban J connectivity index is 0.000000261. The number of benzene rings is 4. The second-order valence-electron chi connectivity index (χ2n) is 22.7. The van der Waals surface area contributed by atoms with Crippen LogP contribution < -0.4 is 9.13 Å². The number of hydrogen-bond acceptors (Lipinski definition) is 0. The van der Waals surface area contributed by atoms with E-state index in [1.54, 1.807) is 0 Å². The Labute approximate surface area is 419 Å². The minimum Gasteiger partial charge on any atom is -0.201 e. The Morgan fingerprint density at radius 3 is 0.926 bits per heavy atom. The molecule has 0 unspecified atom stereocenters. The van der Waals surface area contributed by atoms with Gasteiger partial charge in [-0.25, -0.2) is 9.13 Å². The molecule has 6 rings (SSSR count). The summed E-state index contributed by atoms with van der Waals surface area (Å²) in [6, 6.07) is 40.4. The van der Waals surface area contributed by atoms with Crippen LogP contribution >= 0.6 is 0 Å². The van der Waals surface area contributed by atoms with Crippen molar-refractivity contribution in [3.8, 4) is 44.8 Å². The van der Waals surface area contributed by atoms with Crippen molar-refractivity contribution in [2.24, 2.45) is 61.4 Å². The summed E-state index contributed by atoms with van der Waals surface area (Å²) in [5, 5.41) is 0. The van der Waals surface area contributed by atoms with Crippen LogP contribution in [0.1, 0.15) is 171 Å². The maximum Gasteiger partial charge on any atom is 0.213 e. The molecule has 2 heteroatoms. The zero-order chi connectivity index (χ0) is 52.2. The average molecular weight is 915 g/mol. The topological polar surface area (TPSA) is 7.76 Å². The molecule has 0 saturated heterocycles. The summed E-state index contributed by atoms with van der Waals surface area (Å²) < 4.78 is 23.7. The van der Waals surface area contributed by atoms with E-state index < -0.39 is 11.8 Å². The Bertz CT molecular complexity index is 2570. The van der Waals surface area contributed by atoms with Gasteiger partial charge in [-0.1, -0.05) is 184 Å². The normalized spacial score (nSPS) is 13.0. The molecule has 2 aromatic heterocycles. The standard InChI is InChI=1S/2C33H46N/c2*1-21(2)32(22(3)4)28-17-27(18-29(19-28)33(23(5)6)24(7)8)26-15-16-34(10)31(20-26)30-14-12-11-13-25(30)9/h2*11-24,32-33H,1-10H3/q2*+1/i32D,33D;. The quantitative estimate of drug-likeness (QED) is 0.0855. The molecule has 0 radical (unpaired) electrons. The zero-order valence-electron chi connectivity index (χ0n) is 48.2. The third-order valence-corrected chi connectivity index (χ3v) is 14.5. The van der Waals surface area contributed by atoms with Gasteiger partial charge in [0.1, 0.15) is 14.1 Å². The van der Waals surface area contributed by atoms with Gasteiger partial charge in [-0.15, -0.1) is 0 Å². The lowest BCUT2D eigenvalue weighted by atomic mass is 9.75. The molecule has 4 aromatic carbocycles. The molecule has 68 heavy (non-hydrogen) atoms. The predicted octanol–water partition coefficient (Wildman–Crippen LogP) is 17.9. The highest BCUT2D eigenvalue weighted by molar-refractivity contribution is 5.73. The van der Waals surface area contributed by atoms with Crippen molar-refractivity contribution < 1.29 is 11.9 Å². The second-order valence-corrected chi connectivity index (χ2v) is 22.7. The van der Waals surface area contributed by atoms with Crippen LogP contribution in [0.2, 0.25) is 0 Å². The first-order valence-corrected chi connectivity index (χ1v) is 26.2. The van der Waals surface area contributed by atoms with Gasteiger partial charge in [0.05, 0.1) is 0 Å². The molecule has 0 aliphatic heterocycles. The molecular formula is C66H92N2+2. The summed E-state index contributed by atoms with van der Waals surface area (Å²) in [5.74, 6) is 2.65. The van der Waals surface area contributed by atoms with E-state index in [2.05, 4.69) is 269 Å². The van der Waals surface area contributed by atoms with Gasteiger partial charge in [-0.2, -0.15) is 0 Å². The van der Waals surface area contributed by atoms with Crippen LogP contribution in [0.15, 0.2) is 122 Å². The molecule has 0 saturated carbocycles. The van der Waals surface area contributed by atoms with Crippen molar-refractivity contribution in [2.75, 3.05) is 0 Å². The van der Waals surface area contributed by atoms with Gasteiger partial charge in [0, 0.05) is 38.1 Å². The average Bonchev–Trinajstić information content (AvgIpc) is 3.28. The Kier molecular flexibility index (Phi) is 17.8. The first-order valence-electron chi connectivity index (χ1n) is 27.2. The highest BCUT2D eigenvalue weighted by Crippen LogP contribution is 2.42.